The van der Waals surface area contributed by atoms with E-state index in [0.717, 1.165) is 57.2 Å². The van der Waals surface area contributed by atoms with Crippen LogP contribution in [0.3, 0.4) is 0 Å². The predicted octanol–water partition coefficient (Wildman–Crippen LogP) is 1.52. The smallest absolute Gasteiger partial charge is 0.209 e. The Kier molecular flexibility index (Phi) is 5.63. The topological polar surface area (TPSA) is 89.3 Å². The van der Waals surface area contributed by atoms with Gasteiger partial charge in [0, 0.05) is 39.0 Å². The second-order valence-electron chi connectivity index (χ2n) is 8.30. The van der Waals surface area contributed by atoms with Gasteiger partial charge < -0.3 is 9.30 Å². The number of fused-ring (bicyclic) bond motifs is 2. The van der Waals surface area contributed by atoms with Gasteiger partial charge in [-0.1, -0.05) is 26.0 Å². The highest BCUT2D eigenvalue weighted by Gasteiger charge is 2.28. The van der Waals surface area contributed by atoms with Crippen molar-refractivity contribution in [2.75, 3.05) is 26.0 Å². The molecule has 1 N–H and O–H groups in total. The van der Waals surface area contributed by atoms with E-state index in [2.05, 4.69) is 42.6 Å². The Morgan fingerprint density at radius 1 is 1.17 bits per heavy atom. The van der Waals surface area contributed by atoms with E-state index in [0.29, 0.717) is 5.82 Å². The highest BCUT2D eigenvalue weighted by molar-refractivity contribution is 7.88. The fourth-order valence-corrected chi connectivity index (χ4v) is 4.93. The predicted molar refractivity (Wildman–Crippen MR) is 110 cm³/mol. The molecule has 2 aliphatic heterocycles. The molecule has 0 saturated carbocycles. The lowest BCUT2D eigenvalue weighted by molar-refractivity contribution is 0.268. The maximum absolute atomic E-state index is 11.8. The Hall–Kier alpha value is -1.97. The molecule has 2 aliphatic rings. The van der Waals surface area contributed by atoms with E-state index >= 15 is 0 Å². The zero-order chi connectivity index (χ0) is 20.6. The van der Waals surface area contributed by atoms with Crippen LogP contribution in [0.4, 0.5) is 0 Å². The number of hydrogen-bond acceptors (Lipinski definition) is 6. The Morgan fingerprint density at radius 2 is 2.00 bits per heavy atom. The van der Waals surface area contributed by atoms with E-state index in [9.17, 15) is 8.42 Å². The average Bonchev–Trinajstić information content (AvgIpc) is 3.22. The molecule has 8 nitrogen and oxygen atoms in total. The van der Waals surface area contributed by atoms with E-state index in [1.807, 2.05) is 13.8 Å². The molecule has 4 rings (SSSR count). The molecule has 1 aromatic heterocycles. The van der Waals surface area contributed by atoms with Gasteiger partial charge >= 0.3 is 0 Å². The summed E-state index contributed by atoms with van der Waals surface area (Å²) in [5.74, 6) is 2.72. The molecule has 0 bridgehead atoms. The average molecular weight is 420 g/mol. The number of benzene rings is 1. The zero-order valence-corrected chi connectivity index (χ0v) is 18.1. The summed E-state index contributed by atoms with van der Waals surface area (Å²) in [5, 5.41) is 8.72. The lowest BCUT2D eigenvalue weighted by Gasteiger charge is -2.22. The summed E-state index contributed by atoms with van der Waals surface area (Å²) < 4.78 is 34.1. The SMILES string of the molecule is CC(C)C(NS(C)(=O)=O)c1nnc2n1CCN(Cc1ccc3c(c1)CCO3)CC2. The van der Waals surface area contributed by atoms with E-state index in [4.69, 9.17) is 4.74 Å². The summed E-state index contributed by atoms with van der Waals surface area (Å²) in [6.45, 7) is 8.16. The van der Waals surface area contributed by atoms with Crippen LogP contribution in [0.2, 0.25) is 0 Å². The first kappa shape index (κ1) is 20.3. The summed E-state index contributed by atoms with van der Waals surface area (Å²) in [7, 11) is -3.34. The largest absolute Gasteiger partial charge is 0.493 e. The number of sulfonamides is 1. The molecule has 0 aliphatic carbocycles. The van der Waals surface area contributed by atoms with Crippen LogP contribution in [0.5, 0.6) is 5.75 Å². The summed E-state index contributed by atoms with van der Waals surface area (Å²) in [4.78, 5) is 2.42. The molecule has 29 heavy (non-hydrogen) atoms. The molecule has 9 heteroatoms. The van der Waals surface area contributed by atoms with Crippen molar-refractivity contribution in [3.63, 3.8) is 0 Å². The van der Waals surface area contributed by atoms with Gasteiger partial charge in [-0.3, -0.25) is 4.90 Å². The van der Waals surface area contributed by atoms with Crippen LogP contribution in [0.1, 0.15) is 42.7 Å². The number of aromatic nitrogens is 3. The molecular weight excluding hydrogens is 390 g/mol. The van der Waals surface area contributed by atoms with Crippen LogP contribution >= 0.6 is 0 Å². The van der Waals surface area contributed by atoms with Crippen molar-refractivity contribution >= 4 is 10.0 Å². The molecule has 158 valence electrons. The maximum Gasteiger partial charge on any atom is 0.209 e. The molecule has 2 aromatic rings. The minimum atomic E-state index is -3.34. The van der Waals surface area contributed by atoms with Gasteiger partial charge in [0.15, 0.2) is 5.82 Å². The van der Waals surface area contributed by atoms with Crippen molar-refractivity contribution in [2.45, 2.75) is 45.8 Å². The van der Waals surface area contributed by atoms with Crippen LogP contribution < -0.4 is 9.46 Å². The third kappa shape index (κ3) is 4.62. The third-order valence-corrected chi connectivity index (χ3v) is 6.28. The molecule has 3 heterocycles. The molecule has 0 fully saturated rings. The monoisotopic (exact) mass is 419 g/mol. The molecule has 1 atom stereocenters. The minimum Gasteiger partial charge on any atom is -0.493 e. The van der Waals surface area contributed by atoms with Crippen LogP contribution in [0, 0.1) is 5.92 Å². The van der Waals surface area contributed by atoms with Crippen LogP contribution in [-0.2, 0) is 36.0 Å². The van der Waals surface area contributed by atoms with Gasteiger partial charge in [0.25, 0.3) is 0 Å². The van der Waals surface area contributed by atoms with Gasteiger partial charge in [-0.15, -0.1) is 10.2 Å². The Balaban J connectivity index is 1.48. The van der Waals surface area contributed by atoms with Crippen LogP contribution in [0.15, 0.2) is 18.2 Å². The maximum atomic E-state index is 11.8. The quantitative estimate of drug-likeness (QED) is 0.764. The summed E-state index contributed by atoms with van der Waals surface area (Å²) in [5.41, 5.74) is 2.59. The number of nitrogens with zero attached hydrogens (tertiary/aromatic N) is 4. The first-order chi connectivity index (χ1) is 13.8. The Morgan fingerprint density at radius 3 is 2.76 bits per heavy atom. The zero-order valence-electron chi connectivity index (χ0n) is 17.3. The summed E-state index contributed by atoms with van der Waals surface area (Å²) >= 11 is 0. The minimum absolute atomic E-state index is 0.0750. The van der Waals surface area contributed by atoms with Gasteiger partial charge in [0.05, 0.1) is 18.9 Å². The van der Waals surface area contributed by atoms with Gasteiger partial charge in [-0.2, -0.15) is 0 Å². The van der Waals surface area contributed by atoms with Gasteiger partial charge in [-0.05, 0) is 23.1 Å². The summed E-state index contributed by atoms with van der Waals surface area (Å²) in [6.07, 6.45) is 2.97. The van der Waals surface area contributed by atoms with E-state index in [1.165, 1.54) is 17.4 Å². The number of hydrogen-bond donors (Lipinski definition) is 1. The molecule has 0 radical (unpaired) electrons. The fourth-order valence-electron chi connectivity index (χ4n) is 4.09. The van der Waals surface area contributed by atoms with Crippen molar-refractivity contribution in [1.82, 2.24) is 24.4 Å². The van der Waals surface area contributed by atoms with Crippen LogP contribution in [0.25, 0.3) is 0 Å². The fraction of sp³-hybridized carbons (Fsp3) is 0.600. The Bertz CT molecular complexity index is 986. The van der Waals surface area contributed by atoms with E-state index < -0.39 is 10.0 Å². The van der Waals surface area contributed by atoms with E-state index in [-0.39, 0.29) is 12.0 Å². The number of rotatable bonds is 6. The standard InChI is InChI=1S/C20H29N5O3S/c1-14(2)19(23-29(3,26)27)20-22-21-18-6-8-24(9-10-25(18)20)13-15-4-5-17-16(12-15)7-11-28-17/h4-5,12,14,19,23H,6-11,13H2,1-3H3. The second-order valence-corrected chi connectivity index (χ2v) is 10.1. The van der Waals surface area contributed by atoms with Crippen molar-refractivity contribution in [1.29, 1.82) is 0 Å². The first-order valence-electron chi connectivity index (χ1n) is 10.2. The summed E-state index contributed by atoms with van der Waals surface area (Å²) in [6, 6.07) is 6.09. The third-order valence-electron chi connectivity index (χ3n) is 5.59. The molecule has 0 saturated heterocycles. The highest BCUT2D eigenvalue weighted by Crippen LogP contribution is 2.27. The van der Waals surface area contributed by atoms with Gasteiger partial charge in [-0.25, -0.2) is 13.1 Å². The van der Waals surface area contributed by atoms with Crippen molar-refractivity contribution in [2.24, 2.45) is 5.92 Å². The van der Waals surface area contributed by atoms with Crippen molar-refractivity contribution in [3.8, 4) is 5.75 Å². The number of ether oxygens (including phenoxy) is 1. The highest BCUT2D eigenvalue weighted by atomic mass is 32.2. The molecule has 1 unspecified atom stereocenters. The number of nitrogens with one attached hydrogen (secondary N) is 1. The lowest BCUT2D eigenvalue weighted by Crippen LogP contribution is -2.33. The normalized spacial score (nSPS) is 18.2. The second kappa shape index (κ2) is 8.04. The van der Waals surface area contributed by atoms with Crippen molar-refractivity contribution < 1.29 is 13.2 Å². The van der Waals surface area contributed by atoms with Gasteiger partial charge in [0.1, 0.15) is 11.6 Å². The molecular formula is C20H29N5O3S. The van der Waals surface area contributed by atoms with Crippen molar-refractivity contribution in [3.05, 3.63) is 41.0 Å². The van der Waals surface area contributed by atoms with Crippen LogP contribution in [-0.4, -0.2) is 54.0 Å². The lowest BCUT2D eigenvalue weighted by atomic mass is 10.1. The first-order valence-corrected chi connectivity index (χ1v) is 12.1. The Labute approximate surface area is 172 Å². The molecule has 0 amide bonds. The van der Waals surface area contributed by atoms with E-state index in [1.54, 1.807) is 0 Å². The van der Waals surface area contributed by atoms with Gasteiger partial charge in [0.2, 0.25) is 10.0 Å². The molecule has 0 spiro atoms. The molecule has 1 aromatic carbocycles.